The normalized spacial score (nSPS) is 21.7. The molecule has 10 heavy (non-hydrogen) atoms. The van der Waals surface area contributed by atoms with E-state index in [4.69, 9.17) is 0 Å². The average Bonchev–Trinajstić information content (AvgIpc) is 2.38. The predicted octanol–water partition coefficient (Wildman–Crippen LogP) is -0.0266. The second kappa shape index (κ2) is 2.86. The maximum atomic E-state index is 10.9. The largest absolute Gasteiger partial charge is 0.338 e. The molecule has 1 aliphatic rings. The van der Waals surface area contributed by atoms with Crippen LogP contribution in [-0.4, -0.2) is 32.9 Å². The molecule has 0 saturated carbocycles. The Morgan fingerprint density at radius 2 is 1.80 bits per heavy atom. The van der Waals surface area contributed by atoms with Crippen LogP contribution in [0.3, 0.4) is 0 Å². The van der Waals surface area contributed by atoms with Crippen LogP contribution in [0, 0.1) is 0 Å². The van der Waals surface area contributed by atoms with E-state index in [1.54, 1.807) is 0 Å². The van der Waals surface area contributed by atoms with Crippen molar-refractivity contribution in [2.45, 2.75) is 12.8 Å². The molecule has 0 N–H and O–H groups in total. The minimum absolute atomic E-state index is 0.607. The average molecular weight is 165 g/mol. The quantitative estimate of drug-likeness (QED) is 0.577. The Balaban J connectivity index is 2.63. The Hall–Kier alpha value is -0.130. The van der Waals surface area contributed by atoms with Crippen molar-refractivity contribution in [3.05, 3.63) is 0 Å². The Bertz CT molecular complexity index is 193. The minimum atomic E-state index is -3.36. The zero-order valence-corrected chi connectivity index (χ0v) is 6.73. The van der Waals surface area contributed by atoms with Crippen LogP contribution >= 0.6 is 0 Å². The summed E-state index contributed by atoms with van der Waals surface area (Å²) in [4.78, 5) is 0. The van der Waals surface area contributed by atoms with Crippen molar-refractivity contribution in [3.63, 3.8) is 0 Å². The van der Waals surface area contributed by atoms with Crippen molar-refractivity contribution in [2.75, 3.05) is 20.2 Å². The molecule has 1 saturated heterocycles. The van der Waals surface area contributed by atoms with Gasteiger partial charge in [0.2, 0.25) is 0 Å². The molecule has 1 rings (SSSR count). The van der Waals surface area contributed by atoms with Gasteiger partial charge in [0, 0.05) is 13.1 Å². The molecule has 5 heteroatoms. The fourth-order valence-corrected chi connectivity index (χ4v) is 1.93. The molecule has 60 valence electrons. The summed E-state index contributed by atoms with van der Waals surface area (Å²) in [5, 5.41) is 0. The van der Waals surface area contributed by atoms with Gasteiger partial charge in [-0.25, -0.2) is 0 Å². The first kappa shape index (κ1) is 7.97. The monoisotopic (exact) mass is 165 g/mol. The summed E-state index contributed by atoms with van der Waals surface area (Å²) >= 11 is 0. The van der Waals surface area contributed by atoms with Crippen molar-refractivity contribution in [1.82, 2.24) is 4.31 Å². The Morgan fingerprint density at radius 1 is 1.30 bits per heavy atom. The van der Waals surface area contributed by atoms with E-state index < -0.39 is 10.3 Å². The van der Waals surface area contributed by atoms with Crippen molar-refractivity contribution < 1.29 is 12.6 Å². The smallest absolute Gasteiger partial charge is 0.261 e. The number of nitrogens with zero attached hydrogens (tertiary/aromatic N) is 1. The van der Waals surface area contributed by atoms with Gasteiger partial charge >= 0.3 is 10.3 Å². The lowest BCUT2D eigenvalue weighted by atomic mass is 10.4. The third-order valence-electron chi connectivity index (χ3n) is 1.59. The highest BCUT2D eigenvalue weighted by atomic mass is 32.2. The van der Waals surface area contributed by atoms with Gasteiger partial charge in [-0.15, -0.1) is 0 Å². The molecule has 0 aromatic carbocycles. The molecule has 0 aromatic heterocycles. The molecule has 4 nitrogen and oxygen atoms in total. The van der Waals surface area contributed by atoms with Gasteiger partial charge in [-0.3, -0.25) is 4.18 Å². The highest BCUT2D eigenvalue weighted by Crippen LogP contribution is 2.12. The third kappa shape index (κ3) is 1.47. The molecule has 0 amide bonds. The predicted molar refractivity (Wildman–Crippen MR) is 36.7 cm³/mol. The molecule has 0 bridgehead atoms. The third-order valence-corrected chi connectivity index (χ3v) is 3.01. The summed E-state index contributed by atoms with van der Waals surface area (Å²) in [6.07, 6.45) is 1.89. The highest BCUT2D eigenvalue weighted by molar-refractivity contribution is 7.84. The lowest BCUT2D eigenvalue weighted by Gasteiger charge is -2.11. The summed E-state index contributed by atoms with van der Waals surface area (Å²) < 4.78 is 27.5. The zero-order chi connectivity index (χ0) is 7.61. The number of hydrogen-bond donors (Lipinski definition) is 0. The van der Waals surface area contributed by atoms with Gasteiger partial charge in [-0.2, -0.15) is 12.7 Å². The topological polar surface area (TPSA) is 46.6 Å². The summed E-state index contributed by atoms with van der Waals surface area (Å²) in [7, 11) is -2.18. The van der Waals surface area contributed by atoms with Crippen molar-refractivity contribution in [2.24, 2.45) is 0 Å². The first-order chi connectivity index (χ1) is 4.67. The van der Waals surface area contributed by atoms with Gasteiger partial charge in [0.15, 0.2) is 0 Å². The van der Waals surface area contributed by atoms with E-state index in [1.807, 2.05) is 0 Å². The van der Waals surface area contributed by atoms with Gasteiger partial charge in [0.1, 0.15) is 0 Å². The SMILES string of the molecule is COS(=O)(=O)N1CCCC1. The Kier molecular flexibility index (Phi) is 2.28. The van der Waals surface area contributed by atoms with Crippen LogP contribution in [0.15, 0.2) is 0 Å². The molecule has 0 unspecified atom stereocenters. The molecular weight excluding hydrogens is 154 g/mol. The number of hydrogen-bond acceptors (Lipinski definition) is 3. The van der Waals surface area contributed by atoms with E-state index in [-0.39, 0.29) is 0 Å². The van der Waals surface area contributed by atoms with Gasteiger partial charge in [0.05, 0.1) is 7.11 Å². The maximum Gasteiger partial charge on any atom is 0.338 e. The highest BCUT2D eigenvalue weighted by Gasteiger charge is 2.24. The molecule has 0 radical (unpaired) electrons. The second-order valence-corrected chi connectivity index (χ2v) is 3.94. The molecule has 0 aromatic rings. The molecular formula is C5H11NO3S. The van der Waals surface area contributed by atoms with E-state index in [0.29, 0.717) is 13.1 Å². The summed E-state index contributed by atoms with van der Waals surface area (Å²) in [5.74, 6) is 0. The van der Waals surface area contributed by atoms with Crippen LogP contribution in [0.5, 0.6) is 0 Å². The standard InChI is InChI=1S/C5H11NO3S/c1-9-10(7,8)6-4-2-3-5-6/h2-5H2,1H3. The van der Waals surface area contributed by atoms with E-state index in [1.165, 1.54) is 11.4 Å². The fourth-order valence-electron chi connectivity index (χ4n) is 1.02. The first-order valence-electron chi connectivity index (χ1n) is 3.22. The Labute approximate surface area is 61.0 Å². The van der Waals surface area contributed by atoms with Crippen LogP contribution in [0.2, 0.25) is 0 Å². The lowest BCUT2D eigenvalue weighted by molar-refractivity contribution is 0.336. The van der Waals surface area contributed by atoms with Gasteiger partial charge in [0.25, 0.3) is 0 Å². The van der Waals surface area contributed by atoms with E-state index in [0.717, 1.165) is 12.8 Å². The summed E-state index contributed by atoms with van der Waals surface area (Å²) in [6, 6.07) is 0. The van der Waals surface area contributed by atoms with Gasteiger partial charge < -0.3 is 0 Å². The first-order valence-corrected chi connectivity index (χ1v) is 4.59. The van der Waals surface area contributed by atoms with Gasteiger partial charge in [-0.05, 0) is 12.8 Å². The van der Waals surface area contributed by atoms with Gasteiger partial charge in [-0.1, -0.05) is 0 Å². The fraction of sp³-hybridized carbons (Fsp3) is 1.00. The second-order valence-electron chi connectivity index (χ2n) is 2.23. The zero-order valence-electron chi connectivity index (χ0n) is 5.91. The van der Waals surface area contributed by atoms with E-state index in [2.05, 4.69) is 4.18 Å². The van der Waals surface area contributed by atoms with Crippen molar-refractivity contribution >= 4 is 10.3 Å². The van der Waals surface area contributed by atoms with Crippen LogP contribution in [0.1, 0.15) is 12.8 Å². The Morgan fingerprint density at radius 3 is 2.20 bits per heavy atom. The molecule has 1 fully saturated rings. The van der Waals surface area contributed by atoms with Crippen molar-refractivity contribution in [3.8, 4) is 0 Å². The van der Waals surface area contributed by atoms with Crippen LogP contribution in [-0.2, 0) is 14.5 Å². The molecule has 1 heterocycles. The van der Waals surface area contributed by atoms with E-state index >= 15 is 0 Å². The molecule has 0 atom stereocenters. The van der Waals surface area contributed by atoms with Crippen molar-refractivity contribution in [1.29, 1.82) is 0 Å². The van der Waals surface area contributed by atoms with Crippen LogP contribution in [0.4, 0.5) is 0 Å². The van der Waals surface area contributed by atoms with Crippen LogP contribution in [0.25, 0.3) is 0 Å². The van der Waals surface area contributed by atoms with E-state index in [9.17, 15) is 8.42 Å². The lowest BCUT2D eigenvalue weighted by Crippen LogP contribution is -2.28. The van der Waals surface area contributed by atoms with Crippen LogP contribution < -0.4 is 0 Å². The summed E-state index contributed by atoms with van der Waals surface area (Å²) in [5.41, 5.74) is 0. The summed E-state index contributed by atoms with van der Waals surface area (Å²) in [6.45, 7) is 1.21. The molecule has 1 aliphatic heterocycles. The minimum Gasteiger partial charge on any atom is -0.261 e. The molecule has 0 aliphatic carbocycles. The molecule has 0 spiro atoms. The maximum absolute atomic E-state index is 10.9. The number of rotatable bonds is 2.